The monoisotopic (exact) mass is 220 g/mol. The topological polar surface area (TPSA) is 54.4 Å². The van der Waals surface area contributed by atoms with E-state index in [9.17, 15) is 8.42 Å². The molecule has 1 aromatic rings. The van der Waals surface area contributed by atoms with Crippen molar-refractivity contribution in [1.82, 2.24) is 0 Å². The van der Waals surface area contributed by atoms with Crippen molar-refractivity contribution in [3.8, 4) is 0 Å². The Balaban J connectivity index is 3.01. The zero-order valence-electron chi connectivity index (χ0n) is 6.74. The molecule has 0 heterocycles. The largest absolute Gasteiger partial charge is 0.392 e. The molecule has 0 aromatic heterocycles. The summed E-state index contributed by atoms with van der Waals surface area (Å²) in [5.74, 6) is -0.0388. The van der Waals surface area contributed by atoms with Crippen molar-refractivity contribution in [2.45, 2.75) is 12.4 Å². The van der Waals surface area contributed by atoms with Crippen LogP contribution in [0, 0.1) is 0 Å². The molecule has 0 fully saturated rings. The quantitative estimate of drug-likeness (QED) is 0.746. The Bertz CT molecular complexity index is 366. The molecule has 1 aromatic carbocycles. The van der Waals surface area contributed by atoms with Gasteiger partial charge >= 0.3 is 0 Å². The highest BCUT2D eigenvalue weighted by Crippen LogP contribution is 2.15. The van der Waals surface area contributed by atoms with Crippen LogP contribution in [0.25, 0.3) is 0 Å². The molecule has 3 nitrogen and oxygen atoms in total. The molecule has 0 aliphatic carbocycles. The standard InChI is InChI=1S/C8H9ClO3S/c9-8-2-6(4-10)1-7(3-8)5-13(11)12/h1-3,10,13H,4-5H2. The number of hydrogen-bond acceptors (Lipinski definition) is 3. The molecule has 0 saturated heterocycles. The number of aliphatic hydroxyl groups excluding tert-OH is 1. The van der Waals surface area contributed by atoms with Gasteiger partial charge in [0.25, 0.3) is 0 Å². The fraction of sp³-hybridized carbons (Fsp3) is 0.250. The van der Waals surface area contributed by atoms with Crippen LogP contribution < -0.4 is 0 Å². The van der Waals surface area contributed by atoms with Gasteiger partial charge in [-0.3, -0.25) is 0 Å². The molecule has 0 amide bonds. The van der Waals surface area contributed by atoms with Crippen LogP contribution in [0.2, 0.25) is 5.02 Å². The summed E-state index contributed by atoms with van der Waals surface area (Å²) in [6.07, 6.45) is 0. The first-order valence-electron chi connectivity index (χ1n) is 3.63. The van der Waals surface area contributed by atoms with Crippen LogP contribution in [-0.4, -0.2) is 13.5 Å². The molecule has 0 saturated carbocycles. The van der Waals surface area contributed by atoms with Crippen LogP contribution in [0.5, 0.6) is 0 Å². The first-order valence-corrected chi connectivity index (χ1v) is 5.37. The number of hydrogen-bond donors (Lipinski definition) is 2. The summed E-state index contributed by atoms with van der Waals surface area (Å²) in [7, 11) is -2.45. The Hall–Kier alpha value is -0.580. The average molecular weight is 221 g/mol. The molecule has 0 spiro atoms. The van der Waals surface area contributed by atoms with Gasteiger partial charge in [-0.05, 0) is 23.3 Å². The van der Waals surface area contributed by atoms with Crippen molar-refractivity contribution in [2.75, 3.05) is 0 Å². The van der Waals surface area contributed by atoms with Gasteiger partial charge < -0.3 is 5.11 Å². The van der Waals surface area contributed by atoms with Crippen molar-refractivity contribution < 1.29 is 13.5 Å². The minimum Gasteiger partial charge on any atom is -0.392 e. The number of aliphatic hydroxyl groups is 1. The first kappa shape index (κ1) is 10.5. The lowest BCUT2D eigenvalue weighted by atomic mass is 10.1. The normalized spacial score (nSPS) is 10.7. The van der Waals surface area contributed by atoms with Gasteiger partial charge in [0, 0.05) is 5.02 Å². The predicted molar refractivity (Wildman–Crippen MR) is 51.4 cm³/mol. The van der Waals surface area contributed by atoms with Crippen LogP contribution in [0.15, 0.2) is 18.2 Å². The molecular formula is C8H9ClO3S. The third-order valence-electron chi connectivity index (χ3n) is 1.51. The fourth-order valence-corrected chi connectivity index (χ4v) is 1.81. The van der Waals surface area contributed by atoms with E-state index in [1.165, 1.54) is 0 Å². The second-order valence-corrected chi connectivity index (χ2v) is 4.03. The smallest absolute Gasteiger partial charge is 0.144 e. The van der Waals surface area contributed by atoms with Gasteiger partial charge in [-0.25, -0.2) is 8.42 Å². The summed E-state index contributed by atoms with van der Waals surface area (Å²) in [6.45, 7) is -0.136. The zero-order chi connectivity index (χ0) is 9.84. The van der Waals surface area contributed by atoms with E-state index in [0.717, 1.165) is 0 Å². The highest BCUT2D eigenvalue weighted by molar-refractivity contribution is 7.71. The Morgan fingerprint density at radius 2 is 1.85 bits per heavy atom. The van der Waals surface area contributed by atoms with Gasteiger partial charge in [0.1, 0.15) is 10.7 Å². The summed E-state index contributed by atoms with van der Waals surface area (Å²) in [5, 5.41) is 9.25. The zero-order valence-corrected chi connectivity index (χ0v) is 8.39. The molecule has 0 unspecified atom stereocenters. The molecule has 1 N–H and O–H groups in total. The maximum Gasteiger partial charge on any atom is 0.144 e. The van der Waals surface area contributed by atoms with E-state index in [-0.39, 0.29) is 12.4 Å². The van der Waals surface area contributed by atoms with Gasteiger partial charge in [0.05, 0.1) is 12.4 Å². The van der Waals surface area contributed by atoms with E-state index in [0.29, 0.717) is 16.1 Å². The van der Waals surface area contributed by atoms with Crippen LogP contribution in [0.3, 0.4) is 0 Å². The highest BCUT2D eigenvalue weighted by atomic mass is 35.5. The van der Waals surface area contributed by atoms with Crippen molar-refractivity contribution in [1.29, 1.82) is 0 Å². The molecule has 0 atom stereocenters. The van der Waals surface area contributed by atoms with E-state index >= 15 is 0 Å². The van der Waals surface area contributed by atoms with Crippen LogP contribution in [0.1, 0.15) is 11.1 Å². The van der Waals surface area contributed by atoms with E-state index in [1.807, 2.05) is 0 Å². The van der Waals surface area contributed by atoms with Crippen molar-refractivity contribution in [3.05, 3.63) is 34.3 Å². The van der Waals surface area contributed by atoms with Gasteiger partial charge in [-0.2, -0.15) is 0 Å². The third-order valence-corrected chi connectivity index (χ3v) is 2.35. The summed E-state index contributed by atoms with van der Waals surface area (Å²) >= 11 is 5.70. The van der Waals surface area contributed by atoms with Gasteiger partial charge in [-0.15, -0.1) is 0 Å². The predicted octanol–water partition coefficient (Wildman–Crippen LogP) is 0.944. The maximum atomic E-state index is 10.4. The van der Waals surface area contributed by atoms with E-state index in [2.05, 4.69) is 0 Å². The van der Waals surface area contributed by atoms with Crippen molar-refractivity contribution in [2.24, 2.45) is 0 Å². The van der Waals surface area contributed by atoms with Gasteiger partial charge in [0.2, 0.25) is 0 Å². The molecule has 0 bridgehead atoms. The number of benzene rings is 1. The second kappa shape index (κ2) is 4.60. The number of rotatable bonds is 3. The lowest BCUT2D eigenvalue weighted by Gasteiger charge is -2.00. The molecule has 72 valence electrons. The van der Waals surface area contributed by atoms with E-state index < -0.39 is 10.7 Å². The molecule has 0 aliphatic heterocycles. The Labute approximate surface area is 82.9 Å². The molecule has 0 aliphatic rings. The lowest BCUT2D eigenvalue weighted by molar-refractivity contribution is 0.282. The summed E-state index contributed by atoms with van der Waals surface area (Å²) < 4.78 is 20.8. The van der Waals surface area contributed by atoms with Crippen LogP contribution in [0.4, 0.5) is 0 Å². The minimum atomic E-state index is -2.45. The molecule has 13 heavy (non-hydrogen) atoms. The summed E-state index contributed by atoms with van der Waals surface area (Å²) in [4.78, 5) is 0. The van der Waals surface area contributed by atoms with Crippen LogP contribution >= 0.6 is 11.6 Å². The Morgan fingerprint density at radius 3 is 2.38 bits per heavy atom. The number of halogens is 1. The minimum absolute atomic E-state index is 0.0388. The molecule has 5 heteroatoms. The first-order chi connectivity index (χ1) is 6.11. The van der Waals surface area contributed by atoms with Crippen molar-refractivity contribution in [3.63, 3.8) is 0 Å². The van der Waals surface area contributed by atoms with Gasteiger partial charge in [0.15, 0.2) is 0 Å². The van der Waals surface area contributed by atoms with Crippen molar-refractivity contribution >= 4 is 22.3 Å². The SMILES string of the molecule is O=[SH](=O)Cc1cc(Cl)cc(CO)c1. The average Bonchev–Trinajstić information content (AvgIpc) is 2.01. The third kappa shape index (κ3) is 3.34. The summed E-state index contributed by atoms with van der Waals surface area (Å²) in [6, 6.07) is 4.80. The fourth-order valence-electron chi connectivity index (χ4n) is 1.05. The van der Waals surface area contributed by atoms with Gasteiger partial charge in [-0.1, -0.05) is 17.7 Å². The Kier molecular flexibility index (Phi) is 3.71. The lowest BCUT2D eigenvalue weighted by Crippen LogP contribution is -1.90. The maximum absolute atomic E-state index is 10.4. The van der Waals surface area contributed by atoms with Crippen LogP contribution in [-0.2, 0) is 23.1 Å². The molecular weight excluding hydrogens is 212 g/mol. The molecule has 0 radical (unpaired) electrons. The van der Waals surface area contributed by atoms with E-state index in [4.69, 9.17) is 16.7 Å². The number of thiol groups is 1. The highest BCUT2D eigenvalue weighted by Gasteiger charge is 1.99. The van der Waals surface area contributed by atoms with E-state index in [1.54, 1.807) is 18.2 Å². The summed E-state index contributed by atoms with van der Waals surface area (Å²) in [5.41, 5.74) is 1.23. The Morgan fingerprint density at radius 1 is 1.23 bits per heavy atom. The molecule has 1 rings (SSSR count). The second-order valence-electron chi connectivity index (χ2n) is 2.62.